The van der Waals surface area contributed by atoms with Crippen LogP contribution in [0.2, 0.25) is 0 Å². The van der Waals surface area contributed by atoms with Crippen molar-refractivity contribution in [2.45, 2.75) is 72.7 Å². The van der Waals surface area contributed by atoms with Gasteiger partial charge in [-0.3, -0.25) is 0 Å². The SMILES string of the molecule is CCN(CC(C)(CBr)OC(C)C(C)C)C(=O)OC(C)(C)C. The first-order valence-corrected chi connectivity index (χ1v) is 8.78. The molecule has 4 nitrogen and oxygen atoms in total. The average molecular weight is 366 g/mol. The lowest BCUT2D eigenvalue weighted by Crippen LogP contribution is -2.49. The van der Waals surface area contributed by atoms with Crippen LogP contribution in [0.5, 0.6) is 0 Å². The molecule has 126 valence electrons. The molecule has 0 aromatic heterocycles. The van der Waals surface area contributed by atoms with Gasteiger partial charge in [0, 0.05) is 11.9 Å². The van der Waals surface area contributed by atoms with Gasteiger partial charge in [0.15, 0.2) is 0 Å². The highest BCUT2D eigenvalue weighted by Gasteiger charge is 2.32. The minimum absolute atomic E-state index is 0.130. The predicted octanol–water partition coefficient (Wildman–Crippen LogP) is 4.46. The highest BCUT2D eigenvalue weighted by molar-refractivity contribution is 9.09. The van der Waals surface area contributed by atoms with Crippen molar-refractivity contribution < 1.29 is 14.3 Å². The zero-order valence-corrected chi connectivity index (χ0v) is 16.4. The lowest BCUT2D eigenvalue weighted by Gasteiger charge is -2.37. The van der Waals surface area contributed by atoms with Gasteiger partial charge < -0.3 is 14.4 Å². The maximum atomic E-state index is 12.2. The van der Waals surface area contributed by atoms with Gasteiger partial charge in [-0.2, -0.15) is 0 Å². The molecule has 0 N–H and O–H groups in total. The Morgan fingerprint density at radius 2 is 1.71 bits per heavy atom. The Bertz CT molecular complexity index is 328. The van der Waals surface area contributed by atoms with E-state index in [1.807, 2.05) is 34.6 Å². The van der Waals surface area contributed by atoms with E-state index in [1.165, 1.54) is 0 Å². The first-order valence-electron chi connectivity index (χ1n) is 7.66. The van der Waals surface area contributed by atoms with Crippen LogP contribution in [0, 0.1) is 5.92 Å². The molecule has 0 heterocycles. The van der Waals surface area contributed by atoms with Crippen LogP contribution in [-0.2, 0) is 9.47 Å². The third-order valence-electron chi connectivity index (χ3n) is 3.25. The second kappa shape index (κ2) is 8.37. The molecule has 5 heteroatoms. The molecule has 0 aromatic carbocycles. The van der Waals surface area contributed by atoms with E-state index in [1.54, 1.807) is 4.90 Å². The number of rotatable bonds is 7. The standard InChI is InChI=1S/C16H32BrNO3/c1-9-18(14(19)21-15(5,6)7)11-16(8,10-17)20-13(4)12(2)3/h12-13H,9-11H2,1-8H3. The summed E-state index contributed by atoms with van der Waals surface area (Å²) >= 11 is 3.51. The fourth-order valence-electron chi connectivity index (χ4n) is 1.73. The lowest BCUT2D eigenvalue weighted by molar-refractivity contribution is -0.0917. The van der Waals surface area contributed by atoms with Gasteiger partial charge in [-0.25, -0.2) is 4.79 Å². The molecule has 1 amide bonds. The molecule has 0 aliphatic carbocycles. The minimum atomic E-state index is -0.485. The number of nitrogens with zero attached hydrogens (tertiary/aromatic N) is 1. The van der Waals surface area contributed by atoms with E-state index >= 15 is 0 Å². The van der Waals surface area contributed by atoms with E-state index in [4.69, 9.17) is 9.47 Å². The summed E-state index contributed by atoms with van der Waals surface area (Å²) in [6.45, 7) is 17.0. The molecular formula is C16H32BrNO3. The number of hydrogen-bond acceptors (Lipinski definition) is 3. The van der Waals surface area contributed by atoms with Crippen molar-refractivity contribution in [1.29, 1.82) is 0 Å². The Morgan fingerprint density at radius 3 is 2.05 bits per heavy atom. The molecule has 0 aliphatic rings. The largest absolute Gasteiger partial charge is 0.444 e. The summed E-state index contributed by atoms with van der Waals surface area (Å²) < 4.78 is 11.6. The van der Waals surface area contributed by atoms with Gasteiger partial charge in [-0.15, -0.1) is 0 Å². The second-order valence-corrected chi connectivity index (χ2v) is 7.71. The van der Waals surface area contributed by atoms with E-state index in [-0.39, 0.29) is 12.2 Å². The van der Waals surface area contributed by atoms with Crippen LogP contribution in [-0.4, -0.2) is 46.7 Å². The highest BCUT2D eigenvalue weighted by atomic mass is 79.9. The van der Waals surface area contributed by atoms with Crippen LogP contribution in [0.3, 0.4) is 0 Å². The van der Waals surface area contributed by atoms with Crippen LogP contribution >= 0.6 is 15.9 Å². The Balaban J connectivity index is 4.85. The molecule has 0 fully saturated rings. The maximum absolute atomic E-state index is 12.2. The molecule has 2 unspecified atom stereocenters. The van der Waals surface area contributed by atoms with Crippen molar-refractivity contribution in [3.8, 4) is 0 Å². The van der Waals surface area contributed by atoms with Crippen LogP contribution in [0.25, 0.3) is 0 Å². The van der Waals surface area contributed by atoms with E-state index < -0.39 is 11.2 Å². The molecule has 0 saturated heterocycles. The van der Waals surface area contributed by atoms with Crippen LogP contribution in [0.15, 0.2) is 0 Å². The van der Waals surface area contributed by atoms with Crippen LogP contribution < -0.4 is 0 Å². The molecule has 0 aromatic rings. The number of halogens is 1. The summed E-state index contributed by atoms with van der Waals surface area (Å²) in [5, 5.41) is 0.663. The molecule has 0 radical (unpaired) electrons. The van der Waals surface area contributed by atoms with Gasteiger partial charge in [0.05, 0.1) is 18.2 Å². The van der Waals surface area contributed by atoms with Crippen LogP contribution in [0.1, 0.15) is 55.4 Å². The van der Waals surface area contributed by atoms with Crippen molar-refractivity contribution in [2.24, 2.45) is 5.92 Å². The maximum Gasteiger partial charge on any atom is 0.410 e. The fraction of sp³-hybridized carbons (Fsp3) is 0.938. The van der Waals surface area contributed by atoms with Crippen molar-refractivity contribution in [3.05, 3.63) is 0 Å². The third kappa shape index (κ3) is 8.05. The Labute approximate surface area is 138 Å². The number of amides is 1. The van der Waals surface area contributed by atoms with Crippen molar-refractivity contribution in [3.63, 3.8) is 0 Å². The molecular weight excluding hydrogens is 334 g/mol. The fourth-order valence-corrected chi connectivity index (χ4v) is 2.04. The Kier molecular flexibility index (Phi) is 8.26. The van der Waals surface area contributed by atoms with Gasteiger partial charge in [0.1, 0.15) is 5.60 Å². The minimum Gasteiger partial charge on any atom is -0.444 e. The predicted molar refractivity (Wildman–Crippen MR) is 91.1 cm³/mol. The third-order valence-corrected chi connectivity index (χ3v) is 4.44. The van der Waals surface area contributed by atoms with Gasteiger partial charge in [-0.05, 0) is 47.5 Å². The second-order valence-electron chi connectivity index (χ2n) is 7.15. The van der Waals surface area contributed by atoms with Crippen molar-refractivity contribution in [1.82, 2.24) is 4.90 Å². The quantitative estimate of drug-likeness (QED) is 0.625. The molecule has 0 aliphatic heterocycles. The van der Waals surface area contributed by atoms with Gasteiger partial charge >= 0.3 is 6.09 Å². The lowest BCUT2D eigenvalue weighted by atomic mass is 10.1. The highest BCUT2D eigenvalue weighted by Crippen LogP contribution is 2.22. The summed E-state index contributed by atoms with van der Waals surface area (Å²) in [6, 6.07) is 0. The Morgan fingerprint density at radius 1 is 1.19 bits per heavy atom. The Hall–Kier alpha value is -0.290. The molecule has 0 rings (SSSR count). The topological polar surface area (TPSA) is 38.8 Å². The smallest absolute Gasteiger partial charge is 0.410 e. The number of likely N-dealkylation sites (N-methyl/N-ethyl adjacent to an activating group) is 1. The number of alkyl halides is 1. The first kappa shape index (κ1) is 20.7. The molecule has 0 spiro atoms. The zero-order chi connectivity index (χ0) is 16.8. The summed E-state index contributed by atoms with van der Waals surface area (Å²) in [5.74, 6) is 0.431. The summed E-state index contributed by atoms with van der Waals surface area (Å²) in [7, 11) is 0. The molecule has 21 heavy (non-hydrogen) atoms. The number of carbonyl (C=O) groups excluding carboxylic acids is 1. The van der Waals surface area contributed by atoms with E-state index in [0.717, 1.165) is 0 Å². The zero-order valence-electron chi connectivity index (χ0n) is 14.8. The number of ether oxygens (including phenoxy) is 2. The van der Waals surface area contributed by atoms with Crippen molar-refractivity contribution >= 4 is 22.0 Å². The summed E-state index contributed by atoms with van der Waals surface area (Å²) in [4.78, 5) is 13.9. The summed E-state index contributed by atoms with van der Waals surface area (Å²) in [6.07, 6.45) is -0.164. The van der Waals surface area contributed by atoms with Crippen molar-refractivity contribution in [2.75, 3.05) is 18.4 Å². The van der Waals surface area contributed by atoms with Crippen LogP contribution in [0.4, 0.5) is 4.79 Å². The number of carbonyl (C=O) groups is 1. The van der Waals surface area contributed by atoms with Gasteiger partial charge in [0.2, 0.25) is 0 Å². The average Bonchev–Trinajstić information content (AvgIpc) is 2.33. The summed E-state index contributed by atoms with van der Waals surface area (Å²) in [5.41, 5.74) is -0.919. The number of hydrogen-bond donors (Lipinski definition) is 0. The van der Waals surface area contributed by atoms with Gasteiger partial charge in [-0.1, -0.05) is 29.8 Å². The van der Waals surface area contributed by atoms with E-state index in [0.29, 0.717) is 24.3 Å². The first-order chi connectivity index (χ1) is 9.44. The van der Waals surface area contributed by atoms with E-state index in [2.05, 4.69) is 36.7 Å². The van der Waals surface area contributed by atoms with Gasteiger partial charge in [0.25, 0.3) is 0 Å². The normalized spacial score (nSPS) is 16.5. The molecule has 0 bridgehead atoms. The van der Waals surface area contributed by atoms with E-state index in [9.17, 15) is 4.79 Å². The molecule has 0 saturated carbocycles. The molecule has 2 atom stereocenters. The monoisotopic (exact) mass is 365 g/mol.